The number of anilines is 1. The zero-order valence-electron chi connectivity index (χ0n) is 12.0. The van der Waals surface area contributed by atoms with Crippen LogP contribution < -0.4 is 9.46 Å². The number of rotatable bonds is 5. The third kappa shape index (κ3) is 3.71. The van der Waals surface area contributed by atoms with E-state index in [1.165, 1.54) is 19.2 Å². The van der Waals surface area contributed by atoms with Crippen LogP contribution in [0, 0.1) is 11.3 Å². The highest BCUT2D eigenvalue weighted by atomic mass is 32.2. The molecule has 0 fully saturated rings. The second-order valence-electron chi connectivity index (χ2n) is 4.31. The number of nitrogens with zero attached hydrogens (tertiary/aromatic N) is 4. The van der Waals surface area contributed by atoms with Crippen LogP contribution in [0.3, 0.4) is 0 Å². The van der Waals surface area contributed by atoms with Gasteiger partial charge in [-0.3, -0.25) is 4.72 Å². The molecule has 2 rings (SSSR count). The fourth-order valence-electron chi connectivity index (χ4n) is 1.78. The first-order valence-electron chi connectivity index (χ1n) is 6.26. The van der Waals surface area contributed by atoms with Crippen molar-refractivity contribution in [2.45, 2.75) is 4.90 Å². The predicted molar refractivity (Wildman–Crippen MR) is 83.8 cm³/mol. The molecule has 1 N–H and O–H groups in total. The van der Waals surface area contributed by atoms with Crippen molar-refractivity contribution < 1.29 is 13.2 Å². The molecule has 9 heteroatoms. The van der Waals surface area contributed by atoms with Crippen LogP contribution in [0.25, 0.3) is 10.4 Å². The first-order chi connectivity index (χ1) is 11.0. The highest BCUT2D eigenvalue weighted by molar-refractivity contribution is 7.92. The van der Waals surface area contributed by atoms with Crippen LogP contribution in [0.15, 0.2) is 52.5 Å². The normalized spacial score (nSPS) is 10.3. The molecule has 2 aromatic rings. The van der Waals surface area contributed by atoms with Crippen molar-refractivity contribution in [2.24, 2.45) is 5.11 Å². The topological polar surface area (TPSA) is 128 Å². The largest absolute Gasteiger partial charge is 0.497 e. The van der Waals surface area contributed by atoms with Gasteiger partial charge in [0.15, 0.2) is 0 Å². The van der Waals surface area contributed by atoms with Gasteiger partial charge in [0.25, 0.3) is 10.0 Å². The van der Waals surface area contributed by atoms with Gasteiger partial charge in [0, 0.05) is 10.6 Å². The average molecular weight is 329 g/mol. The molecule has 2 aromatic carbocycles. The summed E-state index contributed by atoms with van der Waals surface area (Å²) in [7, 11) is -2.37. The Kier molecular flexibility index (Phi) is 4.71. The van der Waals surface area contributed by atoms with Crippen molar-refractivity contribution in [3.63, 3.8) is 0 Å². The standard InChI is InChI=1S/C14H11N5O3S/c1-22-12-4-2-11(3-5-12)18-23(20,21)13-6-7-14(17-19-16)10(8-13)9-15/h2-8,18H,1H3. The first kappa shape index (κ1) is 16.2. The Balaban J connectivity index is 2.35. The number of hydrogen-bond donors (Lipinski definition) is 1. The number of azide groups is 1. The Morgan fingerprint density at radius 1 is 1.26 bits per heavy atom. The smallest absolute Gasteiger partial charge is 0.261 e. The Morgan fingerprint density at radius 2 is 1.96 bits per heavy atom. The lowest BCUT2D eigenvalue weighted by molar-refractivity contribution is 0.415. The van der Waals surface area contributed by atoms with Crippen LogP contribution in [-0.2, 0) is 10.0 Å². The van der Waals surface area contributed by atoms with E-state index >= 15 is 0 Å². The molecule has 0 aliphatic rings. The van der Waals surface area contributed by atoms with Crippen molar-refractivity contribution in [3.05, 3.63) is 58.5 Å². The number of nitriles is 1. The molecule has 0 aromatic heterocycles. The van der Waals surface area contributed by atoms with Crippen LogP contribution in [-0.4, -0.2) is 15.5 Å². The second kappa shape index (κ2) is 6.70. The average Bonchev–Trinajstić information content (AvgIpc) is 2.55. The van der Waals surface area contributed by atoms with Gasteiger partial charge in [0.2, 0.25) is 0 Å². The van der Waals surface area contributed by atoms with E-state index in [1.54, 1.807) is 30.3 Å². The Morgan fingerprint density at radius 3 is 2.52 bits per heavy atom. The monoisotopic (exact) mass is 329 g/mol. The lowest BCUT2D eigenvalue weighted by Crippen LogP contribution is -2.13. The van der Waals surface area contributed by atoms with E-state index in [9.17, 15) is 8.42 Å². The molecule has 0 unspecified atom stereocenters. The summed E-state index contributed by atoms with van der Waals surface area (Å²) in [5.74, 6) is 0.596. The second-order valence-corrected chi connectivity index (χ2v) is 6.00. The van der Waals surface area contributed by atoms with Crippen LogP contribution in [0.1, 0.15) is 5.56 Å². The zero-order valence-corrected chi connectivity index (χ0v) is 12.8. The van der Waals surface area contributed by atoms with Crippen molar-refractivity contribution >= 4 is 21.4 Å². The molecule has 0 spiro atoms. The van der Waals surface area contributed by atoms with Crippen LogP contribution in [0.5, 0.6) is 5.75 Å². The van der Waals surface area contributed by atoms with Gasteiger partial charge in [-0.15, -0.1) is 0 Å². The highest BCUT2D eigenvalue weighted by Crippen LogP contribution is 2.24. The maximum atomic E-state index is 12.3. The van der Waals surface area contributed by atoms with Gasteiger partial charge in [0.05, 0.1) is 29.3 Å². The van der Waals surface area contributed by atoms with Gasteiger partial charge in [0.1, 0.15) is 5.75 Å². The zero-order chi connectivity index (χ0) is 16.9. The van der Waals surface area contributed by atoms with Crippen LogP contribution in [0.4, 0.5) is 11.4 Å². The summed E-state index contributed by atoms with van der Waals surface area (Å²) < 4.78 is 32.1. The van der Waals surface area contributed by atoms with Crippen molar-refractivity contribution in [3.8, 4) is 11.8 Å². The minimum atomic E-state index is -3.87. The van der Waals surface area contributed by atoms with Gasteiger partial charge in [-0.2, -0.15) is 5.26 Å². The molecule has 0 atom stereocenters. The van der Waals surface area contributed by atoms with Gasteiger partial charge in [-0.25, -0.2) is 8.42 Å². The molecule has 0 saturated carbocycles. The molecule has 0 amide bonds. The molecule has 0 bridgehead atoms. The van der Waals surface area contributed by atoms with E-state index in [2.05, 4.69) is 14.7 Å². The van der Waals surface area contributed by atoms with Crippen molar-refractivity contribution in [1.82, 2.24) is 0 Å². The summed E-state index contributed by atoms with van der Waals surface area (Å²) in [6.07, 6.45) is 0. The number of ether oxygens (including phenoxy) is 1. The molecule has 116 valence electrons. The number of sulfonamides is 1. The van der Waals surface area contributed by atoms with Gasteiger partial charge in [-0.1, -0.05) is 5.11 Å². The molecule has 23 heavy (non-hydrogen) atoms. The highest BCUT2D eigenvalue weighted by Gasteiger charge is 2.16. The number of methoxy groups -OCH3 is 1. The fourth-order valence-corrected chi connectivity index (χ4v) is 2.86. The Hall–Kier alpha value is -3.21. The first-order valence-corrected chi connectivity index (χ1v) is 7.74. The summed E-state index contributed by atoms with van der Waals surface area (Å²) in [6, 6.07) is 11.8. The van der Waals surface area contributed by atoms with Gasteiger partial charge in [-0.05, 0) is 48.0 Å². The van der Waals surface area contributed by atoms with E-state index in [-0.39, 0.29) is 16.1 Å². The molecule has 0 heterocycles. The van der Waals surface area contributed by atoms with Gasteiger partial charge >= 0.3 is 0 Å². The van der Waals surface area contributed by atoms with E-state index in [0.717, 1.165) is 6.07 Å². The van der Waals surface area contributed by atoms with E-state index in [0.29, 0.717) is 11.4 Å². The van der Waals surface area contributed by atoms with Crippen LogP contribution >= 0.6 is 0 Å². The number of hydrogen-bond acceptors (Lipinski definition) is 5. The molecular formula is C14H11N5O3S. The van der Waals surface area contributed by atoms with E-state index in [4.69, 9.17) is 15.5 Å². The fraction of sp³-hybridized carbons (Fsp3) is 0.0714. The third-order valence-corrected chi connectivity index (χ3v) is 4.27. The minimum Gasteiger partial charge on any atom is -0.497 e. The Labute approximate surface area is 132 Å². The summed E-state index contributed by atoms with van der Waals surface area (Å²) in [4.78, 5) is 2.48. The lowest BCUT2D eigenvalue weighted by atomic mass is 10.2. The summed E-state index contributed by atoms with van der Waals surface area (Å²) in [5.41, 5.74) is 8.81. The maximum absolute atomic E-state index is 12.3. The predicted octanol–water partition coefficient (Wildman–Crippen LogP) is 3.31. The quantitative estimate of drug-likeness (QED) is 0.512. The molecule has 8 nitrogen and oxygen atoms in total. The molecule has 0 saturated heterocycles. The number of benzene rings is 2. The van der Waals surface area contributed by atoms with E-state index < -0.39 is 10.0 Å². The van der Waals surface area contributed by atoms with Crippen molar-refractivity contribution in [2.75, 3.05) is 11.8 Å². The summed E-state index contributed by atoms with van der Waals surface area (Å²) >= 11 is 0. The molecule has 0 radical (unpaired) electrons. The Bertz CT molecular complexity index is 910. The molecule has 0 aliphatic heterocycles. The SMILES string of the molecule is COc1ccc(NS(=O)(=O)c2ccc(N=[N+]=[N-])c(C#N)c2)cc1. The lowest BCUT2D eigenvalue weighted by Gasteiger charge is -2.09. The van der Waals surface area contributed by atoms with Crippen LogP contribution in [0.2, 0.25) is 0 Å². The summed E-state index contributed by atoms with van der Waals surface area (Å²) in [6.45, 7) is 0. The molecule has 0 aliphatic carbocycles. The van der Waals surface area contributed by atoms with Crippen molar-refractivity contribution in [1.29, 1.82) is 5.26 Å². The molecular weight excluding hydrogens is 318 g/mol. The minimum absolute atomic E-state index is 0.0274. The van der Waals surface area contributed by atoms with E-state index in [1.807, 2.05) is 0 Å². The number of nitrogens with one attached hydrogen (secondary N) is 1. The third-order valence-electron chi connectivity index (χ3n) is 2.89. The maximum Gasteiger partial charge on any atom is 0.261 e. The van der Waals surface area contributed by atoms with Gasteiger partial charge < -0.3 is 4.74 Å². The summed E-state index contributed by atoms with van der Waals surface area (Å²) in [5, 5.41) is 12.4.